The molecule has 3 N–H and O–H groups in total. The van der Waals surface area contributed by atoms with Crippen molar-refractivity contribution < 1.29 is 13.2 Å². The third-order valence-corrected chi connectivity index (χ3v) is 4.94. The molecule has 1 unspecified atom stereocenters. The molecule has 7 nitrogen and oxygen atoms in total. The quantitative estimate of drug-likeness (QED) is 0.814. The highest BCUT2D eigenvalue weighted by molar-refractivity contribution is 7.89. The third-order valence-electron chi connectivity index (χ3n) is 4.01. The molecular weight excluding hydrogens is 328 g/mol. The number of hydrogen-bond donors (Lipinski definition) is 2. The topological polar surface area (TPSA) is 107 Å². The number of nitrogens with zero attached hydrogens (tertiary/aromatic N) is 2. The van der Waals surface area contributed by atoms with Crippen LogP contribution < -0.4 is 10.5 Å². The zero-order valence-corrected chi connectivity index (χ0v) is 14.0. The van der Waals surface area contributed by atoms with Gasteiger partial charge >= 0.3 is 0 Å². The van der Waals surface area contributed by atoms with E-state index in [1.54, 1.807) is 18.5 Å². The second-order valence-electron chi connectivity index (χ2n) is 5.75. The molecule has 1 saturated heterocycles. The Kier molecular flexibility index (Phi) is 5.08. The molecule has 1 aliphatic heterocycles. The highest BCUT2D eigenvalue weighted by Crippen LogP contribution is 2.24. The van der Waals surface area contributed by atoms with Crippen LogP contribution in [0.3, 0.4) is 0 Å². The second-order valence-corrected chi connectivity index (χ2v) is 7.32. The van der Waals surface area contributed by atoms with E-state index in [9.17, 15) is 8.42 Å². The second kappa shape index (κ2) is 7.25. The molecule has 128 valence electrons. The van der Waals surface area contributed by atoms with Gasteiger partial charge in [-0.1, -0.05) is 12.1 Å². The van der Waals surface area contributed by atoms with E-state index >= 15 is 0 Å². The van der Waals surface area contributed by atoms with E-state index in [1.807, 2.05) is 6.07 Å². The Hall–Kier alpha value is -2.03. The number of benzene rings is 1. The molecule has 0 bridgehead atoms. The summed E-state index contributed by atoms with van der Waals surface area (Å²) in [6.07, 6.45) is 3.31. The molecule has 0 aliphatic carbocycles. The van der Waals surface area contributed by atoms with Crippen LogP contribution >= 0.6 is 0 Å². The Morgan fingerprint density at radius 1 is 1.25 bits per heavy atom. The smallest absolute Gasteiger partial charge is 0.238 e. The zero-order valence-electron chi connectivity index (χ0n) is 13.2. The predicted octanol–water partition coefficient (Wildman–Crippen LogP) is 1.28. The molecule has 2 aromatic rings. The van der Waals surface area contributed by atoms with Crippen molar-refractivity contribution in [1.29, 1.82) is 0 Å². The van der Waals surface area contributed by atoms with E-state index in [2.05, 4.69) is 15.3 Å². The highest BCUT2D eigenvalue weighted by Gasteiger charge is 2.19. The van der Waals surface area contributed by atoms with Crippen LogP contribution in [0.4, 0.5) is 5.82 Å². The number of primary sulfonamides is 1. The minimum absolute atomic E-state index is 0.124. The summed E-state index contributed by atoms with van der Waals surface area (Å²) in [5, 5.41) is 8.35. The molecule has 1 aromatic heterocycles. The van der Waals surface area contributed by atoms with Gasteiger partial charge in [-0.05, 0) is 30.5 Å². The van der Waals surface area contributed by atoms with Crippen molar-refractivity contribution in [1.82, 2.24) is 9.97 Å². The zero-order chi connectivity index (χ0) is 17.0. The molecule has 0 radical (unpaired) electrons. The Morgan fingerprint density at radius 2 is 2.04 bits per heavy atom. The van der Waals surface area contributed by atoms with E-state index in [-0.39, 0.29) is 4.90 Å². The van der Waals surface area contributed by atoms with Crippen LogP contribution in [0.2, 0.25) is 0 Å². The van der Waals surface area contributed by atoms with Crippen molar-refractivity contribution in [3.05, 3.63) is 47.9 Å². The fourth-order valence-electron chi connectivity index (χ4n) is 2.64. The lowest BCUT2D eigenvalue weighted by atomic mass is 10.1. The summed E-state index contributed by atoms with van der Waals surface area (Å²) < 4.78 is 27.8. The van der Waals surface area contributed by atoms with Crippen LogP contribution in [0, 0.1) is 0 Å². The van der Waals surface area contributed by atoms with Gasteiger partial charge in [0, 0.05) is 25.1 Å². The molecule has 2 heterocycles. The van der Waals surface area contributed by atoms with Gasteiger partial charge in [0.15, 0.2) is 0 Å². The summed E-state index contributed by atoms with van der Waals surface area (Å²) in [4.78, 5) is 8.67. The molecule has 0 saturated carbocycles. The molecule has 0 spiro atoms. The Morgan fingerprint density at radius 3 is 2.71 bits per heavy atom. The molecule has 3 rings (SSSR count). The van der Waals surface area contributed by atoms with Gasteiger partial charge in [-0.3, -0.25) is 0 Å². The summed E-state index contributed by atoms with van der Waals surface area (Å²) in [7, 11) is -3.64. The summed E-state index contributed by atoms with van der Waals surface area (Å²) >= 11 is 0. The maximum Gasteiger partial charge on any atom is 0.238 e. The standard InChI is InChI=1S/C16H20N4O3S/c17-24(21,22)14-3-1-12(2-4-14)5-7-18-16-9-15(19-11-20-16)13-6-8-23-10-13/h1-4,9,11,13H,5-8,10H2,(H2,17,21,22)(H,18,19,20). The minimum Gasteiger partial charge on any atom is -0.381 e. The van der Waals surface area contributed by atoms with Crippen LogP contribution in [0.5, 0.6) is 0 Å². The van der Waals surface area contributed by atoms with Crippen molar-refractivity contribution in [2.75, 3.05) is 25.1 Å². The lowest BCUT2D eigenvalue weighted by Gasteiger charge is -2.10. The van der Waals surface area contributed by atoms with Gasteiger partial charge in [0.25, 0.3) is 0 Å². The average Bonchev–Trinajstić information content (AvgIpc) is 3.09. The molecule has 1 aromatic carbocycles. The molecule has 0 amide bonds. The first kappa shape index (κ1) is 16.8. The van der Waals surface area contributed by atoms with Crippen LogP contribution in [0.25, 0.3) is 0 Å². The van der Waals surface area contributed by atoms with Crippen molar-refractivity contribution in [2.45, 2.75) is 23.7 Å². The average molecular weight is 348 g/mol. The predicted molar refractivity (Wildman–Crippen MR) is 90.2 cm³/mol. The molecule has 1 fully saturated rings. The van der Waals surface area contributed by atoms with Crippen LogP contribution in [-0.4, -0.2) is 38.1 Å². The van der Waals surface area contributed by atoms with E-state index < -0.39 is 10.0 Å². The number of rotatable bonds is 6. The first-order chi connectivity index (χ1) is 11.5. The van der Waals surface area contributed by atoms with E-state index in [0.29, 0.717) is 19.1 Å². The number of ether oxygens (including phenoxy) is 1. The number of aromatic nitrogens is 2. The fourth-order valence-corrected chi connectivity index (χ4v) is 3.16. The Labute approximate surface area is 141 Å². The summed E-state index contributed by atoms with van der Waals surface area (Å²) in [6.45, 7) is 2.19. The van der Waals surface area contributed by atoms with Crippen LogP contribution in [-0.2, 0) is 21.2 Å². The van der Waals surface area contributed by atoms with Gasteiger partial charge < -0.3 is 10.1 Å². The van der Waals surface area contributed by atoms with Crippen molar-refractivity contribution in [3.63, 3.8) is 0 Å². The number of nitrogens with two attached hydrogens (primary N) is 1. The van der Waals surface area contributed by atoms with E-state index in [1.165, 1.54) is 12.1 Å². The van der Waals surface area contributed by atoms with Gasteiger partial charge in [0.2, 0.25) is 10.0 Å². The minimum atomic E-state index is -3.64. The SMILES string of the molecule is NS(=O)(=O)c1ccc(CCNc2cc(C3CCOC3)ncn2)cc1. The third kappa shape index (κ3) is 4.28. The number of anilines is 1. The normalized spacial score (nSPS) is 17.8. The molecule has 24 heavy (non-hydrogen) atoms. The van der Waals surface area contributed by atoms with Crippen LogP contribution in [0.15, 0.2) is 41.6 Å². The summed E-state index contributed by atoms with van der Waals surface area (Å²) in [6, 6.07) is 8.54. The summed E-state index contributed by atoms with van der Waals surface area (Å²) in [5.74, 6) is 1.13. The van der Waals surface area contributed by atoms with Gasteiger partial charge in [-0.25, -0.2) is 23.5 Å². The fraction of sp³-hybridized carbons (Fsp3) is 0.375. The molecular formula is C16H20N4O3S. The maximum absolute atomic E-state index is 11.2. The molecule has 1 aliphatic rings. The molecule has 1 atom stereocenters. The maximum atomic E-state index is 11.2. The van der Waals surface area contributed by atoms with Gasteiger partial charge in [0.1, 0.15) is 12.1 Å². The molecule has 8 heteroatoms. The van der Waals surface area contributed by atoms with E-state index in [0.717, 1.165) is 36.5 Å². The van der Waals surface area contributed by atoms with Crippen molar-refractivity contribution in [3.8, 4) is 0 Å². The monoisotopic (exact) mass is 348 g/mol. The van der Waals surface area contributed by atoms with Gasteiger partial charge in [-0.15, -0.1) is 0 Å². The summed E-state index contributed by atoms with van der Waals surface area (Å²) in [5.41, 5.74) is 2.02. The number of nitrogens with one attached hydrogen (secondary N) is 1. The largest absolute Gasteiger partial charge is 0.381 e. The van der Waals surface area contributed by atoms with Gasteiger partial charge in [-0.2, -0.15) is 0 Å². The van der Waals surface area contributed by atoms with Gasteiger partial charge in [0.05, 0.1) is 17.2 Å². The number of hydrogen-bond acceptors (Lipinski definition) is 6. The first-order valence-corrected chi connectivity index (χ1v) is 9.32. The number of sulfonamides is 1. The Balaban J connectivity index is 1.55. The van der Waals surface area contributed by atoms with E-state index in [4.69, 9.17) is 9.88 Å². The lowest BCUT2D eigenvalue weighted by Crippen LogP contribution is -2.12. The highest BCUT2D eigenvalue weighted by atomic mass is 32.2. The van der Waals surface area contributed by atoms with Crippen LogP contribution in [0.1, 0.15) is 23.6 Å². The first-order valence-electron chi connectivity index (χ1n) is 7.78. The Bertz CT molecular complexity index is 787. The van der Waals surface area contributed by atoms with Crippen molar-refractivity contribution >= 4 is 15.8 Å². The lowest BCUT2D eigenvalue weighted by molar-refractivity contribution is 0.193. The van der Waals surface area contributed by atoms with Crippen molar-refractivity contribution in [2.24, 2.45) is 5.14 Å².